The van der Waals surface area contributed by atoms with Crippen molar-refractivity contribution in [1.82, 2.24) is 9.62 Å². The molecule has 1 aromatic carbocycles. The first-order valence-corrected chi connectivity index (χ1v) is 7.68. The summed E-state index contributed by atoms with van der Waals surface area (Å²) in [4.78, 5) is 13.0. The number of hydrogen-bond acceptors (Lipinski definition) is 4. The van der Waals surface area contributed by atoms with E-state index in [1.807, 2.05) is 0 Å². The van der Waals surface area contributed by atoms with Crippen LogP contribution < -0.4 is 4.72 Å². The van der Waals surface area contributed by atoms with E-state index >= 15 is 0 Å². The lowest BCUT2D eigenvalue weighted by Crippen LogP contribution is -2.45. The highest BCUT2D eigenvalue weighted by molar-refractivity contribution is 7.89. The number of benzene rings is 1. The van der Waals surface area contributed by atoms with Crippen LogP contribution in [0, 0.1) is 17.1 Å². The van der Waals surface area contributed by atoms with Gasteiger partial charge in [-0.1, -0.05) is 0 Å². The predicted molar refractivity (Wildman–Crippen MR) is 74.2 cm³/mol. The molecule has 0 spiro atoms. The van der Waals surface area contributed by atoms with Crippen molar-refractivity contribution >= 4 is 15.9 Å². The maximum Gasteiger partial charge on any atom is 0.241 e. The van der Waals surface area contributed by atoms with Crippen LogP contribution in [-0.4, -0.2) is 38.9 Å². The molecule has 1 N–H and O–H groups in total. The predicted octanol–water partition coefficient (Wildman–Crippen LogP) is 0.842. The zero-order valence-electron chi connectivity index (χ0n) is 11.9. The number of amides is 1. The Labute approximate surface area is 123 Å². The van der Waals surface area contributed by atoms with Gasteiger partial charge in [-0.25, -0.2) is 12.8 Å². The Hall–Kier alpha value is -1.98. The Bertz CT molecular complexity index is 682. The van der Waals surface area contributed by atoms with Crippen molar-refractivity contribution in [2.45, 2.75) is 24.8 Å². The van der Waals surface area contributed by atoms with Gasteiger partial charge in [0.15, 0.2) is 0 Å². The van der Waals surface area contributed by atoms with Crippen LogP contribution in [0.4, 0.5) is 4.39 Å². The molecule has 1 amide bonds. The minimum absolute atomic E-state index is 0.265. The van der Waals surface area contributed by atoms with Crippen molar-refractivity contribution in [3.8, 4) is 6.07 Å². The lowest BCUT2D eigenvalue weighted by atomic mass is 10.2. The molecule has 1 rings (SSSR count). The summed E-state index contributed by atoms with van der Waals surface area (Å²) in [5, 5.41) is 8.72. The molecule has 1 unspecified atom stereocenters. The van der Waals surface area contributed by atoms with Gasteiger partial charge in [-0.2, -0.15) is 9.98 Å². The number of hydrogen-bond donors (Lipinski definition) is 1. The van der Waals surface area contributed by atoms with Gasteiger partial charge >= 0.3 is 0 Å². The first-order valence-electron chi connectivity index (χ1n) is 6.20. The fourth-order valence-electron chi connectivity index (χ4n) is 1.59. The molecule has 0 aliphatic heterocycles. The fourth-order valence-corrected chi connectivity index (χ4v) is 2.82. The van der Waals surface area contributed by atoms with Gasteiger partial charge in [0.2, 0.25) is 15.9 Å². The number of nitriles is 1. The maximum atomic E-state index is 13.2. The van der Waals surface area contributed by atoms with E-state index in [2.05, 4.69) is 4.72 Å². The van der Waals surface area contributed by atoms with Crippen LogP contribution in [0.2, 0.25) is 0 Å². The second-order valence-electron chi connectivity index (χ2n) is 4.45. The smallest absolute Gasteiger partial charge is 0.241 e. The van der Waals surface area contributed by atoms with Crippen molar-refractivity contribution in [2.24, 2.45) is 0 Å². The third-order valence-electron chi connectivity index (χ3n) is 2.92. The van der Waals surface area contributed by atoms with Crippen LogP contribution in [0.3, 0.4) is 0 Å². The first-order chi connectivity index (χ1) is 9.72. The largest absolute Gasteiger partial charge is 0.345 e. The summed E-state index contributed by atoms with van der Waals surface area (Å²) in [6, 6.07) is 3.48. The summed E-state index contributed by atoms with van der Waals surface area (Å²) in [5.41, 5.74) is -0.373. The van der Waals surface area contributed by atoms with Crippen LogP contribution in [0.5, 0.6) is 0 Å². The average molecular weight is 313 g/mol. The zero-order valence-corrected chi connectivity index (χ0v) is 12.7. The Morgan fingerprint density at radius 1 is 1.52 bits per heavy atom. The van der Waals surface area contributed by atoms with E-state index in [1.54, 1.807) is 20.0 Å². The monoisotopic (exact) mass is 313 g/mol. The number of halogens is 1. The normalized spacial score (nSPS) is 12.5. The van der Waals surface area contributed by atoms with Crippen molar-refractivity contribution < 1.29 is 17.6 Å². The minimum Gasteiger partial charge on any atom is -0.345 e. The maximum absolute atomic E-state index is 13.2. The van der Waals surface area contributed by atoms with E-state index in [0.29, 0.717) is 6.54 Å². The van der Waals surface area contributed by atoms with Crippen LogP contribution in [-0.2, 0) is 14.8 Å². The number of carbonyl (C=O) groups excluding carboxylic acids is 1. The van der Waals surface area contributed by atoms with E-state index in [9.17, 15) is 17.6 Å². The minimum atomic E-state index is -4.01. The van der Waals surface area contributed by atoms with Gasteiger partial charge in [0.25, 0.3) is 0 Å². The molecule has 0 aliphatic rings. The third kappa shape index (κ3) is 4.00. The second kappa shape index (κ2) is 6.65. The molecular weight excluding hydrogens is 297 g/mol. The topological polar surface area (TPSA) is 90.3 Å². The molecule has 1 aromatic rings. The van der Waals surface area contributed by atoms with E-state index in [4.69, 9.17) is 5.26 Å². The van der Waals surface area contributed by atoms with Crippen molar-refractivity contribution in [1.29, 1.82) is 5.26 Å². The molecule has 8 heteroatoms. The lowest BCUT2D eigenvalue weighted by molar-refractivity contribution is -0.131. The molecular formula is C13H16FN3O3S. The lowest BCUT2D eigenvalue weighted by Gasteiger charge is -2.20. The first kappa shape index (κ1) is 17.1. The Morgan fingerprint density at radius 2 is 2.14 bits per heavy atom. The number of likely N-dealkylation sites (N-methyl/N-ethyl adjacent to an activating group) is 1. The van der Waals surface area contributed by atoms with Crippen LogP contribution in [0.1, 0.15) is 19.4 Å². The number of nitrogens with one attached hydrogen (secondary N) is 1. The summed E-state index contributed by atoms with van der Waals surface area (Å²) in [7, 11) is -2.46. The highest BCUT2D eigenvalue weighted by atomic mass is 32.2. The third-order valence-corrected chi connectivity index (χ3v) is 4.46. The molecule has 0 bridgehead atoms. The SMILES string of the molecule is CCN(C)C(=O)C(C)NS(=O)(=O)c1ccc(F)c(C#N)c1. The molecule has 0 aromatic heterocycles. The number of rotatable bonds is 5. The van der Waals surface area contributed by atoms with Crippen LogP contribution in [0.25, 0.3) is 0 Å². The van der Waals surface area contributed by atoms with Crippen molar-refractivity contribution in [3.63, 3.8) is 0 Å². The summed E-state index contributed by atoms with van der Waals surface area (Å²) >= 11 is 0. The zero-order chi connectivity index (χ0) is 16.2. The Kier molecular flexibility index (Phi) is 5.41. The highest BCUT2D eigenvalue weighted by Gasteiger charge is 2.24. The van der Waals surface area contributed by atoms with E-state index in [1.165, 1.54) is 11.8 Å². The average Bonchev–Trinajstić information content (AvgIpc) is 2.45. The molecule has 114 valence electrons. The van der Waals surface area contributed by atoms with Gasteiger partial charge in [-0.15, -0.1) is 0 Å². The fraction of sp³-hybridized carbons (Fsp3) is 0.385. The van der Waals surface area contributed by atoms with Gasteiger partial charge in [0.1, 0.15) is 11.9 Å². The summed E-state index contributed by atoms with van der Waals surface area (Å²) in [6.45, 7) is 3.62. The molecule has 21 heavy (non-hydrogen) atoms. The molecule has 6 nitrogen and oxygen atoms in total. The van der Waals surface area contributed by atoms with Crippen molar-refractivity contribution in [2.75, 3.05) is 13.6 Å². The number of nitrogens with zero attached hydrogens (tertiary/aromatic N) is 2. The van der Waals surface area contributed by atoms with Gasteiger partial charge in [-0.05, 0) is 32.0 Å². The Morgan fingerprint density at radius 3 is 2.67 bits per heavy atom. The van der Waals surface area contributed by atoms with Gasteiger partial charge in [0, 0.05) is 13.6 Å². The number of sulfonamides is 1. The summed E-state index contributed by atoms with van der Waals surface area (Å²) in [5.74, 6) is -1.19. The van der Waals surface area contributed by atoms with E-state index in [0.717, 1.165) is 18.2 Å². The highest BCUT2D eigenvalue weighted by Crippen LogP contribution is 2.15. The van der Waals surface area contributed by atoms with Crippen LogP contribution in [0.15, 0.2) is 23.1 Å². The molecule has 0 saturated heterocycles. The molecule has 0 saturated carbocycles. The standard InChI is InChI=1S/C13H16FN3O3S/c1-4-17(3)13(18)9(2)16-21(19,20)11-5-6-12(14)10(7-11)8-15/h5-7,9,16H,4H2,1-3H3. The molecule has 0 aliphatic carbocycles. The Balaban J connectivity index is 3.02. The molecule has 1 atom stereocenters. The second-order valence-corrected chi connectivity index (χ2v) is 6.16. The summed E-state index contributed by atoms with van der Waals surface area (Å²) < 4.78 is 39.7. The van der Waals surface area contributed by atoms with Gasteiger partial charge < -0.3 is 4.90 Å². The van der Waals surface area contributed by atoms with Crippen LogP contribution >= 0.6 is 0 Å². The quantitative estimate of drug-likeness (QED) is 0.872. The van der Waals surface area contributed by atoms with E-state index < -0.39 is 21.9 Å². The molecule has 0 fully saturated rings. The van der Waals surface area contributed by atoms with E-state index in [-0.39, 0.29) is 16.4 Å². The molecule has 0 heterocycles. The van der Waals surface area contributed by atoms with Gasteiger partial charge in [0.05, 0.1) is 16.5 Å². The summed E-state index contributed by atoms with van der Waals surface area (Å²) in [6.07, 6.45) is 0. The van der Waals surface area contributed by atoms with Gasteiger partial charge in [-0.3, -0.25) is 4.79 Å². The van der Waals surface area contributed by atoms with Crippen molar-refractivity contribution in [3.05, 3.63) is 29.6 Å². The molecule has 0 radical (unpaired) electrons. The number of carbonyl (C=O) groups is 1.